The predicted molar refractivity (Wildman–Crippen MR) is 80.8 cm³/mol. The Morgan fingerprint density at radius 1 is 1.50 bits per heavy atom. The van der Waals surface area contributed by atoms with Gasteiger partial charge in [0.2, 0.25) is 5.91 Å². The average Bonchev–Trinajstić information content (AvgIpc) is 2.90. The van der Waals surface area contributed by atoms with Gasteiger partial charge in [-0.2, -0.15) is 0 Å². The molecule has 0 fully saturated rings. The molecular formula is C15H17N3OS. The summed E-state index contributed by atoms with van der Waals surface area (Å²) in [7, 11) is 0. The smallest absolute Gasteiger partial charge is 0.225 e. The van der Waals surface area contributed by atoms with Crippen molar-refractivity contribution in [2.24, 2.45) is 5.92 Å². The minimum atomic E-state index is -0.00837. The molecule has 104 valence electrons. The lowest BCUT2D eigenvalue weighted by Gasteiger charge is -2.25. The van der Waals surface area contributed by atoms with Crippen LogP contribution in [0.4, 0.5) is 5.69 Å². The molecule has 2 heterocycles. The number of hydrogen-bond donors (Lipinski definition) is 2. The fourth-order valence-electron chi connectivity index (χ4n) is 2.42. The van der Waals surface area contributed by atoms with Crippen LogP contribution in [-0.4, -0.2) is 17.4 Å². The summed E-state index contributed by atoms with van der Waals surface area (Å²) in [5, 5.41) is 9.26. The number of rotatable bonds is 3. The molecule has 2 aromatic rings. The number of benzene rings is 1. The zero-order valence-corrected chi connectivity index (χ0v) is 12.2. The van der Waals surface area contributed by atoms with Gasteiger partial charge in [-0.1, -0.05) is 18.2 Å². The van der Waals surface area contributed by atoms with Gasteiger partial charge in [-0.3, -0.25) is 4.79 Å². The molecule has 1 aromatic carbocycles. The minimum Gasteiger partial charge on any atom is -0.384 e. The Morgan fingerprint density at radius 3 is 3.15 bits per heavy atom. The van der Waals surface area contributed by atoms with Gasteiger partial charge in [0, 0.05) is 23.3 Å². The molecule has 1 atom stereocenters. The molecule has 1 amide bonds. The van der Waals surface area contributed by atoms with Crippen LogP contribution in [0.2, 0.25) is 0 Å². The second-order valence-electron chi connectivity index (χ2n) is 5.04. The lowest BCUT2D eigenvalue weighted by molar-refractivity contribution is -0.124. The molecular weight excluding hydrogens is 270 g/mol. The maximum Gasteiger partial charge on any atom is 0.225 e. The Labute approximate surface area is 122 Å². The Hall–Kier alpha value is -1.88. The van der Waals surface area contributed by atoms with Crippen molar-refractivity contribution in [1.82, 2.24) is 10.3 Å². The quantitative estimate of drug-likeness (QED) is 0.911. The number of nitrogens with zero attached hydrogens (tertiary/aromatic N) is 1. The fourth-order valence-corrected chi connectivity index (χ4v) is 3.13. The number of anilines is 1. The summed E-state index contributed by atoms with van der Waals surface area (Å²) in [5.74, 6) is 0.0887. The Kier molecular flexibility index (Phi) is 3.69. The number of nitrogens with one attached hydrogen (secondary N) is 2. The second kappa shape index (κ2) is 5.63. The van der Waals surface area contributed by atoms with E-state index in [4.69, 9.17) is 0 Å². The van der Waals surface area contributed by atoms with Gasteiger partial charge in [0.15, 0.2) is 0 Å². The van der Waals surface area contributed by atoms with E-state index in [2.05, 4.69) is 27.8 Å². The molecule has 0 bridgehead atoms. The van der Waals surface area contributed by atoms with Gasteiger partial charge in [0.05, 0.1) is 12.5 Å². The monoisotopic (exact) mass is 287 g/mol. The van der Waals surface area contributed by atoms with Crippen LogP contribution in [0.25, 0.3) is 0 Å². The molecule has 0 radical (unpaired) electrons. The predicted octanol–water partition coefficient (Wildman–Crippen LogP) is 2.35. The van der Waals surface area contributed by atoms with Crippen LogP contribution in [0.15, 0.2) is 29.6 Å². The van der Waals surface area contributed by atoms with E-state index in [1.807, 2.05) is 24.4 Å². The highest BCUT2D eigenvalue weighted by Crippen LogP contribution is 2.24. The third kappa shape index (κ3) is 2.82. The van der Waals surface area contributed by atoms with Crippen molar-refractivity contribution in [3.8, 4) is 0 Å². The first-order valence-electron chi connectivity index (χ1n) is 6.73. The topological polar surface area (TPSA) is 54.0 Å². The van der Waals surface area contributed by atoms with Gasteiger partial charge in [-0.15, -0.1) is 11.3 Å². The zero-order valence-electron chi connectivity index (χ0n) is 11.3. The van der Waals surface area contributed by atoms with E-state index < -0.39 is 0 Å². The molecule has 4 nitrogen and oxygen atoms in total. The number of hydrogen-bond acceptors (Lipinski definition) is 4. The summed E-state index contributed by atoms with van der Waals surface area (Å²) < 4.78 is 0. The number of aryl methyl sites for hydroxylation is 1. The molecule has 1 aliphatic heterocycles. The average molecular weight is 287 g/mol. The molecule has 1 aromatic heterocycles. The van der Waals surface area contributed by atoms with Crippen molar-refractivity contribution >= 4 is 22.9 Å². The molecule has 20 heavy (non-hydrogen) atoms. The number of carbonyl (C=O) groups excluding carboxylic acids is 1. The van der Waals surface area contributed by atoms with E-state index in [1.165, 1.54) is 5.56 Å². The summed E-state index contributed by atoms with van der Waals surface area (Å²) >= 11 is 1.59. The normalized spacial score (nSPS) is 17.1. The van der Waals surface area contributed by atoms with E-state index in [-0.39, 0.29) is 11.8 Å². The van der Waals surface area contributed by atoms with Gasteiger partial charge in [-0.25, -0.2) is 4.98 Å². The highest BCUT2D eigenvalue weighted by Gasteiger charge is 2.24. The van der Waals surface area contributed by atoms with Crippen LogP contribution in [0, 0.1) is 12.8 Å². The van der Waals surface area contributed by atoms with E-state index >= 15 is 0 Å². The van der Waals surface area contributed by atoms with Gasteiger partial charge < -0.3 is 10.6 Å². The molecule has 0 saturated carbocycles. The lowest BCUT2D eigenvalue weighted by atomic mass is 9.93. The lowest BCUT2D eigenvalue weighted by Crippen LogP contribution is -2.37. The number of thiazole rings is 1. The highest BCUT2D eigenvalue weighted by atomic mass is 32.1. The summed E-state index contributed by atoms with van der Waals surface area (Å²) in [4.78, 5) is 16.6. The van der Waals surface area contributed by atoms with Crippen molar-refractivity contribution in [1.29, 1.82) is 0 Å². The van der Waals surface area contributed by atoms with E-state index in [1.54, 1.807) is 11.3 Å². The van der Waals surface area contributed by atoms with Crippen molar-refractivity contribution < 1.29 is 4.79 Å². The third-order valence-electron chi connectivity index (χ3n) is 3.47. The van der Waals surface area contributed by atoms with Crippen LogP contribution in [0.1, 0.15) is 16.3 Å². The van der Waals surface area contributed by atoms with Gasteiger partial charge in [0.1, 0.15) is 5.01 Å². The van der Waals surface area contributed by atoms with E-state index in [9.17, 15) is 4.79 Å². The third-order valence-corrected chi connectivity index (χ3v) is 4.44. The minimum absolute atomic E-state index is 0.00837. The molecule has 0 spiro atoms. The summed E-state index contributed by atoms with van der Waals surface area (Å²) in [5.41, 5.74) is 3.36. The van der Waals surface area contributed by atoms with Crippen LogP contribution >= 0.6 is 11.3 Å². The molecule has 1 unspecified atom stereocenters. The second-order valence-corrected chi connectivity index (χ2v) is 5.98. The Bertz CT molecular complexity index is 623. The maximum atomic E-state index is 12.2. The Morgan fingerprint density at radius 2 is 2.35 bits per heavy atom. The zero-order chi connectivity index (χ0) is 13.9. The number of carbonyl (C=O) groups is 1. The summed E-state index contributed by atoms with van der Waals surface area (Å²) in [6.07, 6.45) is 0.798. The van der Waals surface area contributed by atoms with Gasteiger partial charge in [0.25, 0.3) is 0 Å². The molecule has 1 aliphatic rings. The van der Waals surface area contributed by atoms with Crippen LogP contribution in [0.5, 0.6) is 0 Å². The van der Waals surface area contributed by atoms with E-state index in [0.717, 1.165) is 22.8 Å². The van der Waals surface area contributed by atoms with Crippen molar-refractivity contribution in [2.45, 2.75) is 19.9 Å². The molecule has 0 aliphatic carbocycles. The first kappa shape index (κ1) is 13.1. The maximum absolute atomic E-state index is 12.2. The molecule has 3 rings (SSSR count). The fraction of sp³-hybridized carbons (Fsp3) is 0.333. The number of amides is 1. The van der Waals surface area contributed by atoms with Crippen LogP contribution < -0.4 is 10.6 Å². The first-order chi connectivity index (χ1) is 9.72. The number of para-hydroxylation sites is 1. The largest absolute Gasteiger partial charge is 0.384 e. The molecule has 5 heteroatoms. The van der Waals surface area contributed by atoms with Crippen molar-refractivity contribution in [3.05, 3.63) is 45.9 Å². The van der Waals surface area contributed by atoms with Crippen molar-refractivity contribution in [2.75, 3.05) is 11.9 Å². The number of fused-ring (bicyclic) bond motifs is 1. The summed E-state index contributed by atoms with van der Waals surface area (Å²) in [6.45, 7) is 3.18. The van der Waals surface area contributed by atoms with Crippen LogP contribution in [-0.2, 0) is 17.8 Å². The summed E-state index contributed by atoms with van der Waals surface area (Å²) in [6, 6.07) is 8.16. The highest BCUT2D eigenvalue weighted by molar-refractivity contribution is 7.09. The first-order valence-corrected chi connectivity index (χ1v) is 7.61. The van der Waals surface area contributed by atoms with Gasteiger partial charge >= 0.3 is 0 Å². The molecule has 0 saturated heterocycles. The standard InChI is InChI=1S/C15H17N3OS/c1-10-9-20-14(18-10)8-17-15(19)12-6-11-4-2-3-5-13(11)16-7-12/h2-5,9,12,16H,6-8H2,1H3,(H,17,19). The van der Waals surface area contributed by atoms with Crippen LogP contribution in [0.3, 0.4) is 0 Å². The van der Waals surface area contributed by atoms with Crippen molar-refractivity contribution in [3.63, 3.8) is 0 Å². The van der Waals surface area contributed by atoms with E-state index in [0.29, 0.717) is 13.1 Å². The number of aromatic nitrogens is 1. The molecule has 2 N–H and O–H groups in total. The van der Waals surface area contributed by atoms with Gasteiger partial charge in [-0.05, 0) is 25.0 Å². The SMILES string of the molecule is Cc1csc(CNC(=O)C2CNc3ccccc3C2)n1. The Balaban J connectivity index is 1.59.